The fourth-order valence-electron chi connectivity index (χ4n) is 1.75. The molecule has 0 N–H and O–H groups in total. The summed E-state index contributed by atoms with van der Waals surface area (Å²) >= 11 is 0. The van der Waals surface area contributed by atoms with Gasteiger partial charge >= 0.3 is 0 Å². The molecule has 1 rings (SSSR count). The van der Waals surface area contributed by atoms with Gasteiger partial charge in [-0.2, -0.15) is 0 Å². The highest BCUT2D eigenvalue weighted by atomic mass is 16.5. The maximum absolute atomic E-state index is 5.67. The molecule has 0 bridgehead atoms. The zero-order valence-electron chi connectivity index (χ0n) is 11.0. The van der Waals surface area contributed by atoms with Crippen molar-refractivity contribution in [3.8, 4) is 5.75 Å². The minimum absolute atomic E-state index is 0.533. The first-order chi connectivity index (χ1) is 8.11. The number of allylic oxidation sites excluding steroid dienone is 1. The van der Waals surface area contributed by atoms with Crippen molar-refractivity contribution in [3.05, 3.63) is 42.0 Å². The van der Waals surface area contributed by atoms with Gasteiger partial charge in [-0.05, 0) is 37.0 Å². The molecule has 1 aromatic rings. The van der Waals surface area contributed by atoms with Crippen molar-refractivity contribution < 1.29 is 9.47 Å². The second kappa shape index (κ2) is 7.13. The van der Waals surface area contributed by atoms with Crippen LogP contribution in [0, 0.1) is 5.92 Å². The normalized spacial score (nSPS) is 12.2. The minimum Gasteiger partial charge on any atom is -0.497 e. The van der Waals surface area contributed by atoms with E-state index < -0.39 is 0 Å². The smallest absolute Gasteiger partial charge is 0.118 e. The maximum Gasteiger partial charge on any atom is 0.118 e. The van der Waals surface area contributed by atoms with E-state index in [1.165, 1.54) is 11.1 Å². The van der Waals surface area contributed by atoms with Crippen molar-refractivity contribution in [2.75, 3.05) is 13.7 Å². The van der Waals surface area contributed by atoms with Gasteiger partial charge in [0, 0.05) is 6.61 Å². The Morgan fingerprint density at radius 1 is 1.29 bits per heavy atom. The van der Waals surface area contributed by atoms with Crippen molar-refractivity contribution in [2.45, 2.75) is 26.9 Å². The summed E-state index contributed by atoms with van der Waals surface area (Å²) in [6.45, 7) is 9.58. The minimum atomic E-state index is 0.533. The van der Waals surface area contributed by atoms with Crippen LogP contribution in [-0.4, -0.2) is 13.7 Å². The van der Waals surface area contributed by atoms with E-state index in [2.05, 4.69) is 20.4 Å². The van der Waals surface area contributed by atoms with Gasteiger partial charge in [0.1, 0.15) is 5.75 Å². The summed E-state index contributed by atoms with van der Waals surface area (Å²) in [5.41, 5.74) is 2.39. The van der Waals surface area contributed by atoms with E-state index in [-0.39, 0.29) is 0 Å². The summed E-state index contributed by atoms with van der Waals surface area (Å²) in [6.07, 6.45) is 1.03. The largest absolute Gasteiger partial charge is 0.497 e. The van der Waals surface area contributed by atoms with Crippen molar-refractivity contribution >= 4 is 0 Å². The lowest BCUT2D eigenvalue weighted by Gasteiger charge is -2.12. The van der Waals surface area contributed by atoms with Crippen LogP contribution >= 0.6 is 0 Å². The van der Waals surface area contributed by atoms with Crippen LogP contribution in [0.4, 0.5) is 0 Å². The Kier molecular flexibility index (Phi) is 5.78. The third-order valence-corrected chi connectivity index (χ3v) is 2.53. The molecule has 17 heavy (non-hydrogen) atoms. The van der Waals surface area contributed by atoms with Gasteiger partial charge in [-0.25, -0.2) is 0 Å². The van der Waals surface area contributed by atoms with E-state index in [0.717, 1.165) is 18.8 Å². The molecule has 1 atom stereocenters. The lowest BCUT2D eigenvalue weighted by atomic mass is 10.0. The van der Waals surface area contributed by atoms with Crippen LogP contribution in [0.3, 0.4) is 0 Å². The number of methoxy groups -OCH3 is 1. The molecule has 0 saturated carbocycles. The number of hydrogen-bond donors (Lipinski definition) is 0. The topological polar surface area (TPSA) is 18.5 Å². The third kappa shape index (κ3) is 5.55. The second-order valence-corrected chi connectivity index (χ2v) is 4.63. The molecule has 0 heterocycles. The van der Waals surface area contributed by atoms with Crippen LogP contribution in [-0.2, 0) is 11.3 Å². The zero-order chi connectivity index (χ0) is 12.7. The van der Waals surface area contributed by atoms with Gasteiger partial charge < -0.3 is 9.47 Å². The van der Waals surface area contributed by atoms with Crippen LogP contribution in [0.2, 0.25) is 0 Å². The Balaban J connectivity index is 2.28. The van der Waals surface area contributed by atoms with Crippen LogP contribution in [0.5, 0.6) is 5.75 Å². The van der Waals surface area contributed by atoms with Crippen molar-refractivity contribution in [1.82, 2.24) is 0 Å². The fourth-order valence-corrected chi connectivity index (χ4v) is 1.75. The first-order valence-electron chi connectivity index (χ1n) is 5.97. The quantitative estimate of drug-likeness (QED) is 0.668. The predicted octanol–water partition coefficient (Wildman–Crippen LogP) is 3.81. The summed E-state index contributed by atoms with van der Waals surface area (Å²) in [5.74, 6) is 1.41. The van der Waals surface area contributed by atoms with Crippen LogP contribution in [0.25, 0.3) is 0 Å². The SMILES string of the molecule is C=C(C)CC(C)COCc1ccc(OC)cc1. The summed E-state index contributed by atoms with van der Waals surface area (Å²) in [5, 5.41) is 0. The average molecular weight is 234 g/mol. The van der Waals surface area contributed by atoms with Gasteiger partial charge in [-0.3, -0.25) is 0 Å². The molecule has 94 valence electrons. The summed E-state index contributed by atoms with van der Waals surface area (Å²) in [6, 6.07) is 7.97. The molecular weight excluding hydrogens is 212 g/mol. The predicted molar refractivity (Wildman–Crippen MR) is 71.2 cm³/mol. The molecule has 0 fully saturated rings. The molecule has 0 aliphatic rings. The molecule has 0 radical (unpaired) electrons. The van der Waals surface area contributed by atoms with Gasteiger partial charge in [0.15, 0.2) is 0 Å². The Labute approximate surface area is 104 Å². The highest BCUT2D eigenvalue weighted by Gasteiger charge is 2.02. The molecule has 1 unspecified atom stereocenters. The van der Waals surface area contributed by atoms with E-state index in [1.807, 2.05) is 24.3 Å². The van der Waals surface area contributed by atoms with E-state index in [4.69, 9.17) is 9.47 Å². The summed E-state index contributed by atoms with van der Waals surface area (Å²) in [4.78, 5) is 0. The second-order valence-electron chi connectivity index (χ2n) is 4.63. The molecule has 0 saturated heterocycles. The lowest BCUT2D eigenvalue weighted by molar-refractivity contribution is 0.0921. The molecule has 0 aliphatic carbocycles. The fraction of sp³-hybridized carbons (Fsp3) is 0.467. The highest BCUT2D eigenvalue weighted by molar-refractivity contribution is 5.26. The molecule has 0 aliphatic heterocycles. The summed E-state index contributed by atoms with van der Waals surface area (Å²) in [7, 11) is 1.67. The Hall–Kier alpha value is -1.28. The Morgan fingerprint density at radius 2 is 1.94 bits per heavy atom. The van der Waals surface area contributed by atoms with Crippen LogP contribution in [0.1, 0.15) is 25.8 Å². The van der Waals surface area contributed by atoms with E-state index in [9.17, 15) is 0 Å². The maximum atomic E-state index is 5.67. The molecular formula is C15H22O2. The van der Waals surface area contributed by atoms with E-state index in [1.54, 1.807) is 7.11 Å². The van der Waals surface area contributed by atoms with Gasteiger partial charge in [-0.15, -0.1) is 6.58 Å². The first-order valence-corrected chi connectivity index (χ1v) is 5.97. The molecule has 2 heteroatoms. The Bertz CT molecular complexity index is 340. The molecule has 1 aromatic carbocycles. The molecule has 0 aromatic heterocycles. The molecule has 2 nitrogen and oxygen atoms in total. The number of ether oxygens (including phenoxy) is 2. The molecule has 0 spiro atoms. The van der Waals surface area contributed by atoms with E-state index in [0.29, 0.717) is 12.5 Å². The molecule has 0 amide bonds. The Morgan fingerprint density at radius 3 is 2.47 bits per heavy atom. The zero-order valence-corrected chi connectivity index (χ0v) is 11.0. The standard InChI is InChI=1S/C15H22O2/c1-12(2)9-13(3)10-17-11-14-5-7-15(16-4)8-6-14/h5-8,13H,1,9-11H2,2-4H3. The monoisotopic (exact) mass is 234 g/mol. The van der Waals surface area contributed by atoms with Crippen molar-refractivity contribution in [1.29, 1.82) is 0 Å². The van der Waals surface area contributed by atoms with Gasteiger partial charge in [0.25, 0.3) is 0 Å². The third-order valence-electron chi connectivity index (χ3n) is 2.53. The van der Waals surface area contributed by atoms with Crippen molar-refractivity contribution in [2.24, 2.45) is 5.92 Å². The number of hydrogen-bond acceptors (Lipinski definition) is 2. The van der Waals surface area contributed by atoms with Gasteiger partial charge in [-0.1, -0.05) is 24.6 Å². The van der Waals surface area contributed by atoms with Crippen LogP contribution in [0.15, 0.2) is 36.4 Å². The van der Waals surface area contributed by atoms with Gasteiger partial charge in [0.2, 0.25) is 0 Å². The summed E-state index contributed by atoms with van der Waals surface area (Å²) < 4.78 is 10.8. The highest BCUT2D eigenvalue weighted by Crippen LogP contribution is 2.13. The number of benzene rings is 1. The number of rotatable bonds is 7. The van der Waals surface area contributed by atoms with Gasteiger partial charge in [0.05, 0.1) is 13.7 Å². The first kappa shape index (κ1) is 13.8. The van der Waals surface area contributed by atoms with Crippen LogP contribution < -0.4 is 4.74 Å². The average Bonchev–Trinajstić information content (AvgIpc) is 2.29. The lowest BCUT2D eigenvalue weighted by Crippen LogP contribution is -2.06. The van der Waals surface area contributed by atoms with Crippen molar-refractivity contribution in [3.63, 3.8) is 0 Å². The van der Waals surface area contributed by atoms with E-state index >= 15 is 0 Å².